The van der Waals surface area contributed by atoms with Gasteiger partial charge >= 0.3 is 0 Å². The molecule has 0 spiro atoms. The van der Waals surface area contributed by atoms with E-state index < -0.39 is 0 Å². The zero-order valence-electron chi connectivity index (χ0n) is 12.7. The third kappa shape index (κ3) is 4.32. The van der Waals surface area contributed by atoms with Crippen LogP contribution in [0.3, 0.4) is 0 Å². The molecule has 1 aliphatic heterocycles. The molecule has 1 heterocycles. The second kappa shape index (κ2) is 7.06. The molecule has 0 saturated carbocycles. The van der Waals surface area contributed by atoms with Crippen LogP contribution in [0, 0.1) is 19.8 Å². The van der Waals surface area contributed by atoms with Crippen LogP contribution in [0.15, 0.2) is 18.2 Å². The van der Waals surface area contributed by atoms with Crippen LogP contribution in [0.1, 0.15) is 36.5 Å². The van der Waals surface area contributed by atoms with Crippen molar-refractivity contribution in [2.75, 3.05) is 26.2 Å². The number of rotatable bonds is 6. The standard InChI is InChI=1S/C17H28N2/c1-14(13-19-9-4-5-10-19)11-18-12-17-15(2)7-6-8-16(17)3/h6-8,14,18H,4-5,9-13H2,1-3H3. The lowest BCUT2D eigenvalue weighted by atomic mass is 10.0. The summed E-state index contributed by atoms with van der Waals surface area (Å²) < 4.78 is 0. The predicted molar refractivity (Wildman–Crippen MR) is 82.5 cm³/mol. The molecule has 1 aromatic carbocycles. The molecule has 0 aliphatic carbocycles. The van der Waals surface area contributed by atoms with E-state index in [0.29, 0.717) is 0 Å². The molecular formula is C17H28N2. The summed E-state index contributed by atoms with van der Waals surface area (Å²) >= 11 is 0. The van der Waals surface area contributed by atoms with Crippen molar-refractivity contribution >= 4 is 0 Å². The van der Waals surface area contributed by atoms with Gasteiger partial charge in [-0.1, -0.05) is 25.1 Å². The molecule has 0 aromatic heterocycles. The Kier molecular flexibility index (Phi) is 5.41. The van der Waals surface area contributed by atoms with Gasteiger partial charge in [-0.3, -0.25) is 0 Å². The average Bonchev–Trinajstić information content (AvgIpc) is 2.85. The van der Waals surface area contributed by atoms with Gasteiger partial charge in [-0.25, -0.2) is 0 Å². The Hall–Kier alpha value is -0.860. The molecule has 19 heavy (non-hydrogen) atoms. The molecule has 1 fully saturated rings. The quantitative estimate of drug-likeness (QED) is 0.845. The second-order valence-corrected chi connectivity index (χ2v) is 6.11. The highest BCUT2D eigenvalue weighted by molar-refractivity contribution is 5.33. The normalized spacial score (nSPS) is 17.8. The lowest BCUT2D eigenvalue weighted by molar-refractivity contribution is 0.282. The second-order valence-electron chi connectivity index (χ2n) is 6.11. The van der Waals surface area contributed by atoms with Crippen LogP contribution < -0.4 is 5.32 Å². The molecule has 1 aromatic rings. The lowest BCUT2D eigenvalue weighted by Gasteiger charge is -2.21. The minimum atomic E-state index is 0.738. The van der Waals surface area contributed by atoms with Crippen LogP contribution in [0.5, 0.6) is 0 Å². The van der Waals surface area contributed by atoms with E-state index in [4.69, 9.17) is 0 Å². The Morgan fingerprint density at radius 3 is 2.42 bits per heavy atom. The van der Waals surface area contributed by atoms with Crippen molar-refractivity contribution in [3.63, 3.8) is 0 Å². The van der Waals surface area contributed by atoms with Crippen molar-refractivity contribution in [2.24, 2.45) is 5.92 Å². The minimum absolute atomic E-state index is 0.738. The molecular weight excluding hydrogens is 232 g/mol. The Labute approximate surface area is 118 Å². The van der Waals surface area contributed by atoms with Gasteiger partial charge in [-0.15, -0.1) is 0 Å². The van der Waals surface area contributed by atoms with E-state index in [1.165, 1.54) is 49.2 Å². The first-order valence-electron chi connectivity index (χ1n) is 7.65. The number of nitrogens with one attached hydrogen (secondary N) is 1. The Balaban J connectivity index is 1.73. The fourth-order valence-corrected chi connectivity index (χ4v) is 3.04. The summed E-state index contributed by atoms with van der Waals surface area (Å²) in [5.41, 5.74) is 4.27. The predicted octanol–water partition coefficient (Wildman–Crippen LogP) is 3.12. The Morgan fingerprint density at radius 2 is 1.79 bits per heavy atom. The number of hydrogen-bond acceptors (Lipinski definition) is 2. The first kappa shape index (κ1) is 14.5. The van der Waals surface area contributed by atoms with E-state index in [-0.39, 0.29) is 0 Å². The van der Waals surface area contributed by atoms with E-state index >= 15 is 0 Å². The Bertz CT molecular complexity index is 374. The van der Waals surface area contributed by atoms with Gasteiger partial charge in [0.2, 0.25) is 0 Å². The molecule has 1 N–H and O–H groups in total. The van der Waals surface area contributed by atoms with Crippen molar-refractivity contribution < 1.29 is 0 Å². The molecule has 2 rings (SSSR count). The number of hydrogen-bond donors (Lipinski definition) is 1. The maximum atomic E-state index is 3.63. The Morgan fingerprint density at radius 1 is 1.16 bits per heavy atom. The molecule has 0 amide bonds. The van der Waals surface area contributed by atoms with Gasteiger partial charge in [0, 0.05) is 13.1 Å². The molecule has 1 atom stereocenters. The van der Waals surface area contributed by atoms with Gasteiger partial charge in [-0.2, -0.15) is 0 Å². The lowest BCUT2D eigenvalue weighted by Crippen LogP contribution is -2.31. The molecule has 1 saturated heterocycles. The fourth-order valence-electron chi connectivity index (χ4n) is 3.04. The van der Waals surface area contributed by atoms with Crippen molar-refractivity contribution in [3.8, 4) is 0 Å². The van der Waals surface area contributed by atoms with E-state index in [2.05, 4.69) is 49.2 Å². The van der Waals surface area contributed by atoms with Crippen LogP contribution in [0.4, 0.5) is 0 Å². The summed E-state index contributed by atoms with van der Waals surface area (Å²) in [4.78, 5) is 2.60. The topological polar surface area (TPSA) is 15.3 Å². The van der Waals surface area contributed by atoms with E-state index in [9.17, 15) is 0 Å². The number of likely N-dealkylation sites (tertiary alicyclic amines) is 1. The highest BCUT2D eigenvalue weighted by atomic mass is 15.1. The third-order valence-electron chi connectivity index (χ3n) is 4.21. The van der Waals surface area contributed by atoms with Crippen LogP contribution in [-0.4, -0.2) is 31.1 Å². The van der Waals surface area contributed by atoms with E-state index in [0.717, 1.165) is 19.0 Å². The van der Waals surface area contributed by atoms with Gasteiger partial charge in [0.1, 0.15) is 0 Å². The minimum Gasteiger partial charge on any atom is -0.312 e. The summed E-state index contributed by atoms with van der Waals surface area (Å²) in [6.45, 7) is 12.8. The monoisotopic (exact) mass is 260 g/mol. The number of nitrogens with zero attached hydrogens (tertiary/aromatic N) is 1. The van der Waals surface area contributed by atoms with Crippen LogP contribution in [0.25, 0.3) is 0 Å². The molecule has 1 aliphatic rings. The highest BCUT2D eigenvalue weighted by Gasteiger charge is 2.14. The zero-order valence-corrected chi connectivity index (χ0v) is 12.7. The van der Waals surface area contributed by atoms with E-state index in [1.807, 2.05) is 0 Å². The van der Waals surface area contributed by atoms with Crippen molar-refractivity contribution in [1.29, 1.82) is 0 Å². The van der Waals surface area contributed by atoms with Crippen LogP contribution >= 0.6 is 0 Å². The first-order chi connectivity index (χ1) is 9.16. The fraction of sp³-hybridized carbons (Fsp3) is 0.647. The van der Waals surface area contributed by atoms with Crippen LogP contribution in [-0.2, 0) is 6.54 Å². The molecule has 0 radical (unpaired) electrons. The number of aryl methyl sites for hydroxylation is 2. The first-order valence-corrected chi connectivity index (χ1v) is 7.65. The van der Waals surface area contributed by atoms with E-state index in [1.54, 1.807) is 0 Å². The van der Waals surface area contributed by atoms with Crippen molar-refractivity contribution in [3.05, 3.63) is 34.9 Å². The summed E-state index contributed by atoms with van der Waals surface area (Å²) in [6, 6.07) is 6.56. The summed E-state index contributed by atoms with van der Waals surface area (Å²) in [7, 11) is 0. The SMILES string of the molecule is Cc1cccc(C)c1CNCC(C)CN1CCCC1. The zero-order chi connectivity index (χ0) is 13.7. The van der Waals surface area contributed by atoms with Gasteiger partial charge in [-0.05, 0) is 68.9 Å². The summed E-state index contributed by atoms with van der Waals surface area (Å²) in [5, 5.41) is 3.63. The van der Waals surface area contributed by atoms with Gasteiger partial charge in [0.05, 0.1) is 0 Å². The molecule has 2 heteroatoms. The average molecular weight is 260 g/mol. The van der Waals surface area contributed by atoms with Gasteiger partial charge in [0.15, 0.2) is 0 Å². The highest BCUT2D eigenvalue weighted by Crippen LogP contribution is 2.13. The smallest absolute Gasteiger partial charge is 0.0210 e. The number of benzene rings is 1. The van der Waals surface area contributed by atoms with Crippen LogP contribution in [0.2, 0.25) is 0 Å². The molecule has 0 bridgehead atoms. The summed E-state index contributed by atoms with van der Waals surface area (Å²) in [5.74, 6) is 0.738. The maximum absolute atomic E-state index is 3.63. The molecule has 106 valence electrons. The van der Waals surface area contributed by atoms with Gasteiger partial charge in [0.25, 0.3) is 0 Å². The van der Waals surface area contributed by atoms with Gasteiger partial charge < -0.3 is 10.2 Å². The maximum Gasteiger partial charge on any atom is 0.0210 e. The van der Waals surface area contributed by atoms with Crippen molar-refractivity contribution in [1.82, 2.24) is 10.2 Å². The molecule has 1 unspecified atom stereocenters. The third-order valence-corrected chi connectivity index (χ3v) is 4.21. The van der Waals surface area contributed by atoms with Crippen molar-refractivity contribution in [2.45, 2.75) is 40.2 Å². The molecule has 2 nitrogen and oxygen atoms in total. The largest absolute Gasteiger partial charge is 0.312 e. The summed E-state index contributed by atoms with van der Waals surface area (Å²) in [6.07, 6.45) is 2.78.